The van der Waals surface area contributed by atoms with Crippen LogP contribution in [0.1, 0.15) is 45.7 Å². The molecule has 3 aromatic carbocycles. The maximum Gasteiger partial charge on any atom is 0.224 e. The van der Waals surface area contributed by atoms with Crippen molar-refractivity contribution >= 4 is 40.5 Å². The van der Waals surface area contributed by atoms with Crippen LogP contribution in [-0.2, 0) is 14.4 Å². The molecular formula is C29H32N4O3. The number of nitrogens with zero attached hydrogens (tertiary/aromatic N) is 2. The first-order valence-electron chi connectivity index (χ1n) is 12.1. The molecule has 0 bridgehead atoms. The summed E-state index contributed by atoms with van der Waals surface area (Å²) in [7, 11) is 1.75. The molecule has 7 heteroatoms. The molecule has 0 aromatic heterocycles. The van der Waals surface area contributed by atoms with Gasteiger partial charge in [-0.3, -0.25) is 14.4 Å². The zero-order chi connectivity index (χ0) is 26.0. The molecular weight excluding hydrogens is 452 g/mol. The average molecular weight is 485 g/mol. The van der Waals surface area contributed by atoms with Crippen molar-refractivity contribution in [3.63, 3.8) is 0 Å². The minimum Gasteiger partial charge on any atom is -0.378 e. The fraction of sp³-hybridized carbons (Fsp3) is 0.276. The standard InChI is InChI=1S/C29H32N4O3/c1-18-15-28(31-24-10-12-26(13-11-24)32(5)20(3)35)27-17-23(9-14-29(27)33(18)21(4)36)22-7-6-8-25(16-22)30-19(2)34/h6-14,16-18,28,31H,15H2,1-5H3,(H,30,34)/t18-,28+/m0/s1. The highest BCUT2D eigenvalue weighted by atomic mass is 16.2. The molecule has 0 radical (unpaired) electrons. The number of amides is 3. The van der Waals surface area contributed by atoms with Gasteiger partial charge >= 0.3 is 0 Å². The summed E-state index contributed by atoms with van der Waals surface area (Å²) < 4.78 is 0. The van der Waals surface area contributed by atoms with Crippen molar-refractivity contribution in [3.05, 3.63) is 72.3 Å². The van der Waals surface area contributed by atoms with Gasteiger partial charge in [-0.05, 0) is 78.6 Å². The van der Waals surface area contributed by atoms with Gasteiger partial charge in [-0.15, -0.1) is 0 Å². The van der Waals surface area contributed by atoms with Crippen molar-refractivity contribution in [1.82, 2.24) is 0 Å². The van der Waals surface area contributed by atoms with E-state index >= 15 is 0 Å². The Balaban J connectivity index is 1.70. The highest BCUT2D eigenvalue weighted by Crippen LogP contribution is 2.41. The summed E-state index contributed by atoms with van der Waals surface area (Å²) in [6.45, 7) is 6.69. The Morgan fingerprint density at radius 2 is 1.58 bits per heavy atom. The van der Waals surface area contributed by atoms with Gasteiger partial charge in [-0.1, -0.05) is 18.2 Å². The van der Waals surface area contributed by atoms with Crippen LogP contribution in [0.3, 0.4) is 0 Å². The van der Waals surface area contributed by atoms with Crippen LogP contribution in [0.25, 0.3) is 11.1 Å². The van der Waals surface area contributed by atoms with Crippen LogP contribution in [-0.4, -0.2) is 30.8 Å². The van der Waals surface area contributed by atoms with E-state index in [2.05, 4.69) is 23.6 Å². The Hall–Kier alpha value is -4.13. The zero-order valence-corrected chi connectivity index (χ0v) is 21.3. The third-order valence-corrected chi connectivity index (χ3v) is 6.60. The average Bonchev–Trinajstić information content (AvgIpc) is 2.83. The summed E-state index contributed by atoms with van der Waals surface area (Å²) in [6, 6.07) is 21.7. The predicted octanol–water partition coefficient (Wildman–Crippen LogP) is 5.59. The second-order valence-electron chi connectivity index (χ2n) is 9.33. The number of anilines is 4. The van der Waals surface area contributed by atoms with Crippen LogP contribution in [0.4, 0.5) is 22.7 Å². The number of hydrogen-bond acceptors (Lipinski definition) is 4. The first kappa shape index (κ1) is 25.0. The minimum atomic E-state index is -0.117. The molecule has 1 aliphatic rings. The molecule has 0 saturated heterocycles. The maximum atomic E-state index is 12.5. The van der Waals surface area contributed by atoms with E-state index in [1.54, 1.807) is 18.9 Å². The van der Waals surface area contributed by atoms with Gasteiger partial charge in [0.15, 0.2) is 0 Å². The summed E-state index contributed by atoms with van der Waals surface area (Å²) >= 11 is 0. The van der Waals surface area contributed by atoms with Gasteiger partial charge < -0.3 is 20.4 Å². The van der Waals surface area contributed by atoms with Gasteiger partial charge in [0, 0.05) is 56.6 Å². The van der Waals surface area contributed by atoms with E-state index in [9.17, 15) is 14.4 Å². The number of carbonyl (C=O) groups excluding carboxylic acids is 3. The van der Waals surface area contributed by atoms with Crippen LogP contribution in [0.2, 0.25) is 0 Å². The summed E-state index contributed by atoms with van der Waals surface area (Å²) in [5.74, 6) is -0.127. The van der Waals surface area contributed by atoms with Crippen LogP contribution in [0.15, 0.2) is 66.7 Å². The topological polar surface area (TPSA) is 81.8 Å². The monoisotopic (exact) mass is 484 g/mol. The lowest BCUT2D eigenvalue weighted by Crippen LogP contribution is -2.43. The third kappa shape index (κ3) is 5.25. The van der Waals surface area contributed by atoms with E-state index in [0.717, 1.165) is 45.9 Å². The van der Waals surface area contributed by atoms with E-state index in [4.69, 9.17) is 0 Å². The molecule has 2 atom stereocenters. The molecule has 2 N–H and O–H groups in total. The molecule has 3 aromatic rings. The number of rotatable bonds is 5. The van der Waals surface area contributed by atoms with Crippen molar-refractivity contribution in [2.75, 3.05) is 27.5 Å². The van der Waals surface area contributed by atoms with Crippen molar-refractivity contribution < 1.29 is 14.4 Å². The normalized spacial score (nSPS) is 16.6. The largest absolute Gasteiger partial charge is 0.378 e. The van der Waals surface area contributed by atoms with Gasteiger partial charge in [0.05, 0.1) is 6.04 Å². The molecule has 0 unspecified atom stereocenters. The quantitative estimate of drug-likeness (QED) is 0.494. The molecule has 7 nitrogen and oxygen atoms in total. The van der Waals surface area contributed by atoms with Gasteiger partial charge in [0.25, 0.3) is 0 Å². The van der Waals surface area contributed by atoms with E-state index in [0.29, 0.717) is 0 Å². The first-order valence-corrected chi connectivity index (χ1v) is 12.1. The van der Waals surface area contributed by atoms with Crippen molar-refractivity contribution in [2.24, 2.45) is 0 Å². The molecule has 0 fully saturated rings. The van der Waals surface area contributed by atoms with Crippen LogP contribution in [0.5, 0.6) is 0 Å². The fourth-order valence-electron chi connectivity index (χ4n) is 4.80. The molecule has 0 aliphatic carbocycles. The number of carbonyl (C=O) groups is 3. The Morgan fingerprint density at radius 1 is 0.889 bits per heavy atom. The van der Waals surface area contributed by atoms with Gasteiger partial charge in [-0.2, -0.15) is 0 Å². The number of fused-ring (bicyclic) bond motifs is 1. The lowest BCUT2D eigenvalue weighted by molar-refractivity contribution is -0.117. The Bertz CT molecular complexity index is 1300. The van der Waals surface area contributed by atoms with E-state index in [1.165, 1.54) is 13.8 Å². The molecule has 186 valence electrons. The summed E-state index contributed by atoms with van der Waals surface area (Å²) in [4.78, 5) is 39.2. The third-order valence-electron chi connectivity index (χ3n) is 6.60. The van der Waals surface area contributed by atoms with Gasteiger partial charge in [-0.25, -0.2) is 0 Å². The smallest absolute Gasteiger partial charge is 0.224 e. The van der Waals surface area contributed by atoms with Crippen LogP contribution >= 0.6 is 0 Å². The molecule has 0 spiro atoms. The first-order chi connectivity index (χ1) is 17.1. The molecule has 0 saturated carbocycles. The van der Waals surface area contributed by atoms with E-state index in [-0.39, 0.29) is 29.8 Å². The summed E-state index contributed by atoms with van der Waals surface area (Å²) in [6.07, 6.45) is 0.747. The second-order valence-corrected chi connectivity index (χ2v) is 9.33. The van der Waals surface area contributed by atoms with Crippen LogP contribution in [0, 0.1) is 0 Å². The Kier molecular flexibility index (Phi) is 7.10. The number of hydrogen-bond donors (Lipinski definition) is 2. The van der Waals surface area contributed by atoms with E-state index in [1.807, 2.05) is 65.6 Å². The number of nitrogens with one attached hydrogen (secondary N) is 2. The van der Waals surface area contributed by atoms with Crippen molar-refractivity contribution in [3.8, 4) is 11.1 Å². The lowest BCUT2D eigenvalue weighted by atomic mass is 9.88. The van der Waals surface area contributed by atoms with Gasteiger partial charge in [0.1, 0.15) is 0 Å². The number of benzene rings is 3. The summed E-state index contributed by atoms with van der Waals surface area (Å²) in [5, 5.41) is 6.48. The summed E-state index contributed by atoms with van der Waals surface area (Å²) in [5.41, 5.74) is 6.42. The molecule has 3 amide bonds. The maximum absolute atomic E-state index is 12.5. The molecule has 36 heavy (non-hydrogen) atoms. The lowest BCUT2D eigenvalue weighted by Gasteiger charge is -2.40. The Labute approximate surface area is 212 Å². The molecule has 4 rings (SSSR count). The van der Waals surface area contributed by atoms with Crippen molar-refractivity contribution in [1.29, 1.82) is 0 Å². The molecule has 1 aliphatic heterocycles. The highest BCUT2D eigenvalue weighted by Gasteiger charge is 2.32. The van der Waals surface area contributed by atoms with E-state index < -0.39 is 0 Å². The predicted molar refractivity (Wildman–Crippen MR) is 145 cm³/mol. The molecule has 1 heterocycles. The second kappa shape index (κ2) is 10.2. The van der Waals surface area contributed by atoms with Gasteiger partial charge in [0.2, 0.25) is 17.7 Å². The zero-order valence-electron chi connectivity index (χ0n) is 21.3. The van der Waals surface area contributed by atoms with Crippen LogP contribution < -0.4 is 20.4 Å². The highest BCUT2D eigenvalue weighted by molar-refractivity contribution is 5.95. The minimum absolute atomic E-state index is 0.0132. The SMILES string of the molecule is CC(=O)Nc1cccc(-c2ccc3c(c2)[C@H](Nc2ccc(N(C)C(C)=O)cc2)C[C@H](C)N3C(C)=O)c1. The van der Waals surface area contributed by atoms with Crippen molar-refractivity contribution in [2.45, 2.75) is 46.2 Å². The fourth-order valence-corrected chi connectivity index (χ4v) is 4.80. The Morgan fingerprint density at radius 3 is 2.22 bits per heavy atom.